The molecule has 4 rings (SSSR count). The molecule has 1 aliphatic heterocycles. The van der Waals surface area contributed by atoms with Gasteiger partial charge in [-0.15, -0.1) is 0 Å². The van der Waals surface area contributed by atoms with E-state index in [1.54, 1.807) is 0 Å². The lowest BCUT2D eigenvalue weighted by Crippen LogP contribution is -2.38. The second-order valence-electron chi connectivity index (χ2n) is 7.32. The summed E-state index contributed by atoms with van der Waals surface area (Å²) in [6, 6.07) is 0.407. The normalized spacial score (nSPS) is 24.8. The van der Waals surface area contributed by atoms with E-state index < -0.39 is 0 Å². The van der Waals surface area contributed by atoms with Crippen LogP contribution < -0.4 is 0 Å². The third-order valence-corrected chi connectivity index (χ3v) is 5.31. The smallest absolute Gasteiger partial charge is 0.122 e. The van der Waals surface area contributed by atoms with Crippen LogP contribution in [0.5, 0.6) is 0 Å². The Morgan fingerprint density at radius 2 is 2.12 bits per heavy atom. The van der Waals surface area contributed by atoms with Gasteiger partial charge in [-0.1, -0.05) is 0 Å². The lowest BCUT2D eigenvalue weighted by Gasteiger charge is -2.27. The molecule has 130 valence electrons. The van der Waals surface area contributed by atoms with Crippen molar-refractivity contribution in [2.24, 2.45) is 20.0 Å². The molecule has 0 amide bonds. The Labute approximate surface area is 143 Å². The van der Waals surface area contributed by atoms with Gasteiger partial charge in [0.05, 0.1) is 18.8 Å². The number of hydrogen-bond donors (Lipinski definition) is 0. The molecule has 1 saturated heterocycles. The highest BCUT2D eigenvalue weighted by molar-refractivity contribution is 5.09. The van der Waals surface area contributed by atoms with Gasteiger partial charge in [-0.05, 0) is 37.2 Å². The third-order valence-electron chi connectivity index (χ3n) is 5.31. The SMILES string of the molecule is Cn1cc(C[C@H]2[C@H](OCC3CC3)CCN2Cc2nccn2C)cn1. The molecule has 0 spiro atoms. The second-order valence-corrected chi connectivity index (χ2v) is 7.32. The van der Waals surface area contributed by atoms with Crippen molar-refractivity contribution in [2.75, 3.05) is 13.2 Å². The fourth-order valence-electron chi connectivity index (χ4n) is 3.63. The zero-order valence-corrected chi connectivity index (χ0v) is 14.6. The number of ether oxygens (including phenoxy) is 1. The van der Waals surface area contributed by atoms with Crippen LogP contribution in [0.1, 0.15) is 30.7 Å². The molecule has 2 atom stereocenters. The van der Waals surface area contributed by atoms with Gasteiger partial charge in [0.2, 0.25) is 0 Å². The van der Waals surface area contributed by atoms with Crippen molar-refractivity contribution in [3.05, 3.63) is 36.2 Å². The molecule has 6 nitrogen and oxygen atoms in total. The number of aryl methyl sites for hydroxylation is 2. The van der Waals surface area contributed by atoms with E-state index in [4.69, 9.17) is 4.74 Å². The summed E-state index contributed by atoms with van der Waals surface area (Å²) in [7, 11) is 4.04. The summed E-state index contributed by atoms with van der Waals surface area (Å²) in [4.78, 5) is 7.03. The van der Waals surface area contributed by atoms with E-state index in [0.29, 0.717) is 12.1 Å². The van der Waals surface area contributed by atoms with Crippen LogP contribution in [-0.4, -0.2) is 49.5 Å². The van der Waals surface area contributed by atoms with Crippen LogP contribution in [-0.2, 0) is 31.8 Å². The Morgan fingerprint density at radius 3 is 2.79 bits per heavy atom. The van der Waals surface area contributed by atoms with E-state index >= 15 is 0 Å². The molecule has 2 aromatic rings. The molecule has 24 heavy (non-hydrogen) atoms. The largest absolute Gasteiger partial charge is 0.376 e. The van der Waals surface area contributed by atoms with Crippen molar-refractivity contribution >= 4 is 0 Å². The number of hydrogen-bond acceptors (Lipinski definition) is 4. The van der Waals surface area contributed by atoms with E-state index in [-0.39, 0.29) is 0 Å². The Bertz CT molecular complexity index is 675. The first-order chi connectivity index (χ1) is 11.7. The monoisotopic (exact) mass is 329 g/mol. The number of rotatable bonds is 7. The van der Waals surface area contributed by atoms with E-state index in [1.807, 2.05) is 30.3 Å². The molecule has 0 radical (unpaired) electrons. The maximum Gasteiger partial charge on any atom is 0.122 e. The van der Waals surface area contributed by atoms with Crippen LogP contribution in [0.25, 0.3) is 0 Å². The van der Waals surface area contributed by atoms with Crippen LogP contribution in [0.4, 0.5) is 0 Å². The summed E-state index contributed by atoms with van der Waals surface area (Å²) in [5.41, 5.74) is 1.29. The summed E-state index contributed by atoms with van der Waals surface area (Å²) < 4.78 is 10.3. The van der Waals surface area contributed by atoms with Crippen molar-refractivity contribution in [3.8, 4) is 0 Å². The summed E-state index contributed by atoms with van der Waals surface area (Å²) in [5, 5.41) is 4.32. The third kappa shape index (κ3) is 3.54. The molecular formula is C18H27N5O. The van der Waals surface area contributed by atoms with Crippen molar-refractivity contribution in [3.63, 3.8) is 0 Å². The first-order valence-corrected chi connectivity index (χ1v) is 8.98. The number of imidazole rings is 1. The van der Waals surface area contributed by atoms with Gasteiger partial charge in [0.25, 0.3) is 0 Å². The second kappa shape index (κ2) is 6.69. The van der Waals surface area contributed by atoms with Crippen molar-refractivity contribution in [2.45, 2.75) is 44.4 Å². The highest BCUT2D eigenvalue weighted by Gasteiger charge is 2.36. The molecule has 0 N–H and O–H groups in total. The van der Waals surface area contributed by atoms with Gasteiger partial charge in [0, 0.05) is 51.9 Å². The van der Waals surface area contributed by atoms with Crippen LogP contribution >= 0.6 is 0 Å². The molecular weight excluding hydrogens is 302 g/mol. The predicted octanol–water partition coefficient (Wildman–Crippen LogP) is 1.77. The molecule has 0 bridgehead atoms. The molecule has 0 aromatic carbocycles. The van der Waals surface area contributed by atoms with Crippen LogP contribution in [0.15, 0.2) is 24.8 Å². The molecule has 1 aliphatic carbocycles. The van der Waals surface area contributed by atoms with Gasteiger partial charge in [0.15, 0.2) is 0 Å². The molecule has 2 fully saturated rings. The molecule has 2 aromatic heterocycles. The number of nitrogens with zero attached hydrogens (tertiary/aromatic N) is 5. The van der Waals surface area contributed by atoms with Gasteiger partial charge in [0.1, 0.15) is 5.82 Å². The molecule has 6 heteroatoms. The minimum Gasteiger partial charge on any atom is -0.376 e. The van der Waals surface area contributed by atoms with Crippen molar-refractivity contribution in [1.82, 2.24) is 24.2 Å². The highest BCUT2D eigenvalue weighted by atomic mass is 16.5. The average Bonchev–Trinajstić information content (AvgIpc) is 3.00. The maximum absolute atomic E-state index is 6.30. The molecule has 3 heterocycles. The zero-order chi connectivity index (χ0) is 16.5. The van der Waals surface area contributed by atoms with Crippen molar-refractivity contribution in [1.29, 1.82) is 0 Å². The summed E-state index contributed by atoms with van der Waals surface area (Å²) in [5.74, 6) is 1.93. The fourth-order valence-corrected chi connectivity index (χ4v) is 3.63. The Hall–Kier alpha value is -1.66. The van der Waals surface area contributed by atoms with E-state index in [2.05, 4.69) is 32.8 Å². The van der Waals surface area contributed by atoms with Gasteiger partial charge < -0.3 is 9.30 Å². The quantitative estimate of drug-likeness (QED) is 0.777. The molecule has 2 aliphatic rings. The van der Waals surface area contributed by atoms with E-state index in [9.17, 15) is 0 Å². The van der Waals surface area contributed by atoms with E-state index in [0.717, 1.165) is 44.3 Å². The predicted molar refractivity (Wildman–Crippen MR) is 91.4 cm³/mol. The van der Waals surface area contributed by atoms with E-state index in [1.165, 1.54) is 18.4 Å². The van der Waals surface area contributed by atoms with Gasteiger partial charge in [-0.3, -0.25) is 9.58 Å². The summed E-state index contributed by atoms with van der Waals surface area (Å²) in [6.45, 7) is 2.90. The number of likely N-dealkylation sites (tertiary alicyclic amines) is 1. The standard InChI is InChI=1S/C18H27N5O/c1-21-8-6-19-18(21)12-23-7-5-17(24-13-14-3-4-14)16(23)9-15-10-20-22(2)11-15/h6,8,10-11,14,16-17H,3-5,7,9,12-13H2,1-2H3/t16-,17+/m0/s1. The minimum absolute atomic E-state index is 0.325. The van der Waals surface area contributed by atoms with Crippen LogP contribution in [0.2, 0.25) is 0 Å². The first kappa shape index (κ1) is 15.8. The van der Waals surface area contributed by atoms with Crippen molar-refractivity contribution < 1.29 is 4.74 Å². The Balaban J connectivity index is 1.47. The van der Waals surface area contributed by atoms with Gasteiger partial charge >= 0.3 is 0 Å². The zero-order valence-electron chi connectivity index (χ0n) is 14.6. The van der Waals surface area contributed by atoms with Crippen LogP contribution in [0.3, 0.4) is 0 Å². The molecule has 0 unspecified atom stereocenters. The van der Waals surface area contributed by atoms with Gasteiger partial charge in [-0.25, -0.2) is 4.98 Å². The first-order valence-electron chi connectivity index (χ1n) is 8.98. The fraction of sp³-hybridized carbons (Fsp3) is 0.667. The van der Waals surface area contributed by atoms with Crippen LogP contribution in [0, 0.1) is 5.92 Å². The maximum atomic E-state index is 6.30. The highest BCUT2D eigenvalue weighted by Crippen LogP contribution is 2.32. The Morgan fingerprint density at radius 1 is 1.25 bits per heavy atom. The van der Waals surface area contributed by atoms with Gasteiger partial charge in [-0.2, -0.15) is 5.10 Å². The summed E-state index contributed by atoms with van der Waals surface area (Å²) >= 11 is 0. The minimum atomic E-state index is 0.325. The lowest BCUT2D eigenvalue weighted by atomic mass is 10.0. The lowest BCUT2D eigenvalue weighted by molar-refractivity contribution is 0.0192. The average molecular weight is 329 g/mol. The summed E-state index contributed by atoms with van der Waals surface area (Å²) in [6.07, 6.45) is 13.1. The Kier molecular flexibility index (Phi) is 4.41. The number of aromatic nitrogens is 4. The molecule has 1 saturated carbocycles. The topological polar surface area (TPSA) is 48.1 Å².